The molecule has 1 aromatic heterocycles. The Labute approximate surface area is 122 Å². The lowest BCUT2D eigenvalue weighted by atomic mass is 10.0. The smallest absolute Gasteiger partial charge is 0.143 e. The van der Waals surface area contributed by atoms with Crippen LogP contribution >= 0.6 is 15.9 Å². The first-order chi connectivity index (χ1) is 9.13. The van der Waals surface area contributed by atoms with Crippen LogP contribution in [0.15, 0.2) is 16.6 Å². The van der Waals surface area contributed by atoms with Gasteiger partial charge < -0.3 is 14.6 Å². The highest BCUT2D eigenvalue weighted by Gasteiger charge is 2.25. The molecule has 2 heterocycles. The van der Waals surface area contributed by atoms with Gasteiger partial charge in [-0.15, -0.1) is 0 Å². The first kappa shape index (κ1) is 13.0. The molecule has 1 fully saturated rings. The van der Waals surface area contributed by atoms with Crippen LogP contribution in [0.1, 0.15) is 23.6 Å². The molecular formula is C15H19BrN2O. The predicted octanol–water partition coefficient (Wildman–Crippen LogP) is 3.33. The molecule has 1 aromatic carbocycles. The van der Waals surface area contributed by atoms with E-state index in [0.717, 1.165) is 18.8 Å². The van der Waals surface area contributed by atoms with Gasteiger partial charge in [-0.2, -0.15) is 0 Å². The maximum atomic E-state index is 5.56. The monoisotopic (exact) mass is 322 g/mol. The highest BCUT2D eigenvalue weighted by molar-refractivity contribution is 9.10. The number of halogens is 1. The van der Waals surface area contributed by atoms with Gasteiger partial charge in [-0.1, -0.05) is 0 Å². The number of aromatic nitrogens is 1. The van der Waals surface area contributed by atoms with Crippen LogP contribution in [0.2, 0.25) is 0 Å². The second kappa shape index (κ2) is 4.84. The van der Waals surface area contributed by atoms with Gasteiger partial charge in [0.25, 0.3) is 0 Å². The number of aryl methyl sites for hydroxylation is 2. The lowest BCUT2D eigenvalue weighted by Crippen LogP contribution is -2.10. The van der Waals surface area contributed by atoms with Gasteiger partial charge >= 0.3 is 0 Å². The zero-order valence-electron chi connectivity index (χ0n) is 11.6. The number of nitrogens with one attached hydrogen (secondary N) is 1. The zero-order chi connectivity index (χ0) is 13.6. The van der Waals surface area contributed by atoms with Gasteiger partial charge in [-0.3, -0.25) is 0 Å². The average molecular weight is 323 g/mol. The molecule has 2 aromatic rings. The summed E-state index contributed by atoms with van der Waals surface area (Å²) < 4.78 is 9.07. The van der Waals surface area contributed by atoms with Crippen LogP contribution in [0.5, 0.6) is 5.75 Å². The Morgan fingerprint density at radius 2 is 2.21 bits per heavy atom. The van der Waals surface area contributed by atoms with E-state index in [-0.39, 0.29) is 0 Å². The standard InChI is InChI=1S/C15H19BrN2O/c1-9-6-11-13(16)14(10-4-5-17-8-10)18(2)15(11)12(7-9)19-3/h6-7,10,17H,4-5,8H2,1-3H3. The Balaban J connectivity index is 2.29. The molecule has 1 atom stereocenters. The lowest BCUT2D eigenvalue weighted by Gasteiger charge is -2.12. The van der Waals surface area contributed by atoms with E-state index >= 15 is 0 Å². The van der Waals surface area contributed by atoms with Gasteiger partial charge in [0.15, 0.2) is 0 Å². The number of rotatable bonds is 2. The number of hydrogen-bond acceptors (Lipinski definition) is 2. The molecule has 0 amide bonds. The minimum absolute atomic E-state index is 0.580. The number of benzene rings is 1. The largest absolute Gasteiger partial charge is 0.495 e. The van der Waals surface area contributed by atoms with Crippen LogP contribution in [-0.4, -0.2) is 24.8 Å². The van der Waals surface area contributed by atoms with Crippen molar-refractivity contribution in [3.05, 3.63) is 27.9 Å². The minimum atomic E-state index is 0.580. The summed E-state index contributed by atoms with van der Waals surface area (Å²) in [6, 6.07) is 4.33. The summed E-state index contributed by atoms with van der Waals surface area (Å²) in [6.07, 6.45) is 1.20. The first-order valence-electron chi connectivity index (χ1n) is 6.66. The van der Waals surface area contributed by atoms with Crippen molar-refractivity contribution in [1.82, 2.24) is 9.88 Å². The second-order valence-corrected chi connectivity index (χ2v) is 6.10. The van der Waals surface area contributed by atoms with Gasteiger partial charge in [-0.05, 0) is 53.5 Å². The molecule has 1 saturated heterocycles. The predicted molar refractivity (Wildman–Crippen MR) is 82.1 cm³/mol. The third kappa shape index (κ3) is 1.98. The summed E-state index contributed by atoms with van der Waals surface area (Å²) in [5, 5.41) is 4.70. The van der Waals surface area contributed by atoms with Gasteiger partial charge in [0.1, 0.15) is 5.75 Å². The molecule has 0 spiro atoms. The average Bonchev–Trinajstić information content (AvgIpc) is 2.97. The Kier molecular flexibility index (Phi) is 3.31. The molecule has 19 heavy (non-hydrogen) atoms. The number of ether oxygens (including phenoxy) is 1. The van der Waals surface area contributed by atoms with Crippen LogP contribution in [0, 0.1) is 6.92 Å². The number of methoxy groups -OCH3 is 1. The van der Waals surface area contributed by atoms with Crippen molar-refractivity contribution in [2.24, 2.45) is 7.05 Å². The summed E-state index contributed by atoms with van der Waals surface area (Å²) in [4.78, 5) is 0. The van der Waals surface area contributed by atoms with Gasteiger partial charge in [0.05, 0.1) is 12.6 Å². The number of fused-ring (bicyclic) bond motifs is 1. The van der Waals surface area contributed by atoms with Crippen molar-refractivity contribution in [2.75, 3.05) is 20.2 Å². The summed E-state index contributed by atoms with van der Waals surface area (Å²) >= 11 is 3.81. The fourth-order valence-corrected chi connectivity index (χ4v) is 4.05. The quantitative estimate of drug-likeness (QED) is 0.917. The summed E-state index contributed by atoms with van der Waals surface area (Å²) in [7, 11) is 3.88. The molecule has 1 aliphatic heterocycles. The Morgan fingerprint density at radius 3 is 2.84 bits per heavy atom. The Bertz CT molecular complexity index is 627. The van der Waals surface area contributed by atoms with E-state index in [4.69, 9.17) is 4.74 Å². The van der Waals surface area contributed by atoms with Crippen LogP contribution in [0.3, 0.4) is 0 Å². The third-order valence-electron chi connectivity index (χ3n) is 4.04. The molecule has 3 rings (SSSR count). The molecule has 0 saturated carbocycles. The summed E-state index contributed by atoms with van der Waals surface area (Å²) in [6.45, 7) is 4.27. The van der Waals surface area contributed by atoms with Crippen molar-refractivity contribution in [2.45, 2.75) is 19.3 Å². The van der Waals surface area contributed by atoms with Crippen LogP contribution in [0.4, 0.5) is 0 Å². The third-order valence-corrected chi connectivity index (χ3v) is 4.88. The first-order valence-corrected chi connectivity index (χ1v) is 7.46. The molecule has 3 nitrogen and oxygen atoms in total. The van der Waals surface area contributed by atoms with Gasteiger partial charge in [0, 0.05) is 35.1 Å². The normalized spacial score (nSPS) is 19.3. The molecule has 1 aliphatic rings. The maximum Gasteiger partial charge on any atom is 0.143 e. The van der Waals surface area contributed by atoms with Gasteiger partial charge in [0.2, 0.25) is 0 Å². The summed E-state index contributed by atoms with van der Waals surface area (Å²) in [5.41, 5.74) is 3.79. The molecular weight excluding hydrogens is 304 g/mol. The van der Waals surface area contributed by atoms with E-state index in [1.165, 1.54) is 33.1 Å². The van der Waals surface area contributed by atoms with Crippen LogP contribution in [0.25, 0.3) is 10.9 Å². The maximum absolute atomic E-state index is 5.56. The molecule has 0 aliphatic carbocycles. The molecule has 102 valence electrons. The number of hydrogen-bond donors (Lipinski definition) is 1. The fourth-order valence-electron chi connectivity index (χ4n) is 3.16. The van der Waals surface area contributed by atoms with Crippen molar-refractivity contribution >= 4 is 26.8 Å². The van der Waals surface area contributed by atoms with E-state index in [9.17, 15) is 0 Å². The fraction of sp³-hybridized carbons (Fsp3) is 0.467. The Hall–Kier alpha value is -1.00. The van der Waals surface area contributed by atoms with Crippen molar-refractivity contribution in [3.63, 3.8) is 0 Å². The van der Waals surface area contributed by atoms with E-state index in [1.807, 2.05) is 0 Å². The van der Waals surface area contributed by atoms with Crippen LogP contribution in [-0.2, 0) is 7.05 Å². The van der Waals surface area contributed by atoms with E-state index in [0.29, 0.717) is 5.92 Å². The topological polar surface area (TPSA) is 26.2 Å². The molecule has 4 heteroatoms. The molecule has 1 unspecified atom stereocenters. The Morgan fingerprint density at radius 1 is 1.42 bits per heavy atom. The molecule has 0 bridgehead atoms. The SMILES string of the molecule is COc1cc(C)cc2c(Br)c(C3CCNC3)n(C)c12. The van der Waals surface area contributed by atoms with E-state index in [2.05, 4.69) is 51.9 Å². The highest BCUT2D eigenvalue weighted by atomic mass is 79.9. The van der Waals surface area contributed by atoms with E-state index in [1.54, 1.807) is 7.11 Å². The molecule has 1 N–H and O–H groups in total. The minimum Gasteiger partial charge on any atom is -0.495 e. The second-order valence-electron chi connectivity index (χ2n) is 5.31. The zero-order valence-corrected chi connectivity index (χ0v) is 13.2. The van der Waals surface area contributed by atoms with Crippen LogP contribution < -0.4 is 10.1 Å². The molecule has 0 radical (unpaired) electrons. The van der Waals surface area contributed by atoms with Crippen molar-refractivity contribution in [3.8, 4) is 5.75 Å². The van der Waals surface area contributed by atoms with E-state index < -0.39 is 0 Å². The van der Waals surface area contributed by atoms with Crippen molar-refractivity contribution < 1.29 is 4.74 Å². The summed E-state index contributed by atoms with van der Waals surface area (Å²) in [5.74, 6) is 1.53. The van der Waals surface area contributed by atoms with Gasteiger partial charge in [-0.25, -0.2) is 0 Å². The highest BCUT2D eigenvalue weighted by Crippen LogP contribution is 2.40. The lowest BCUT2D eigenvalue weighted by molar-refractivity contribution is 0.417. The van der Waals surface area contributed by atoms with Crippen molar-refractivity contribution in [1.29, 1.82) is 0 Å². The number of nitrogens with zero attached hydrogens (tertiary/aromatic N) is 1.